The van der Waals surface area contributed by atoms with Crippen LogP contribution < -0.4 is 5.32 Å². The molecule has 0 aliphatic carbocycles. The van der Waals surface area contributed by atoms with E-state index in [0.29, 0.717) is 33.4 Å². The van der Waals surface area contributed by atoms with Crippen LogP contribution in [0, 0.1) is 0 Å². The van der Waals surface area contributed by atoms with E-state index in [1.165, 1.54) is 18.5 Å². The number of nitrogens with one attached hydrogen (secondary N) is 1. The Labute approximate surface area is 156 Å². The molecule has 0 saturated carbocycles. The van der Waals surface area contributed by atoms with Gasteiger partial charge in [-0.25, -0.2) is 15.0 Å². The first kappa shape index (κ1) is 17.3. The van der Waals surface area contributed by atoms with Crippen LogP contribution in [0.15, 0.2) is 61.2 Å². The summed E-state index contributed by atoms with van der Waals surface area (Å²) in [6, 6.07) is 11.9. The number of anilines is 2. The Bertz CT molecular complexity index is 1110. The SMILES string of the molecule is FC(F)(F)c1ccc(Nc2ncnc3c2ncn3-c2ccccc2Cl)cc1. The molecule has 0 unspecified atom stereocenters. The molecule has 0 aliphatic heterocycles. The van der Waals surface area contributed by atoms with Gasteiger partial charge in [0.05, 0.1) is 16.3 Å². The van der Waals surface area contributed by atoms with E-state index in [2.05, 4.69) is 20.3 Å². The molecule has 0 saturated heterocycles. The number of hydrogen-bond acceptors (Lipinski definition) is 4. The lowest BCUT2D eigenvalue weighted by molar-refractivity contribution is -0.137. The van der Waals surface area contributed by atoms with Gasteiger partial charge in [0.15, 0.2) is 17.0 Å². The normalized spacial score (nSPS) is 11.7. The van der Waals surface area contributed by atoms with Crippen molar-refractivity contribution >= 4 is 34.3 Å². The third kappa shape index (κ3) is 3.31. The number of hydrogen-bond donors (Lipinski definition) is 1. The van der Waals surface area contributed by atoms with Crippen molar-refractivity contribution in [2.24, 2.45) is 0 Å². The van der Waals surface area contributed by atoms with E-state index in [0.717, 1.165) is 12.1 Å². The van der Waals surface area contributed by atoms with E-state index in [1.54, 1.807) is 17.0 Å². The van der Waals surface area contributed by atoms with Gasteiger partial charge in [0.2, 0.25) is 0 Å². The first-order valence-electron chi connectivity index (χ1n) is 7.81. The monoisotopic (exact) mass is 389 g/mol. The van der Waals surface area contributed by atoms with Crippen molar-refractivity contribution < 1.29 is 13.2 Å². The number of imidazole rings is 1. The molecule has 2 aromatic heterocycles. The Kier molecular flexibility index (Phi) is 4.19. The Morgan fingerprint density at radius 3 is 2.37 bits per heavy atom. The number of nitrogens with zero attached hydrogens (tertiary/aromatic N) is 4. The van der Waals surface area contributed by atoms with Gasteiger partial charge in [-0.05, 0) is 36.4 Å². The molecule has 27 heavy (non-hydrogen) atoms. The summed E-state index contributed by atoms with van der Waals surface area (Å²) < 4.78 is 39.8. The quantitative estimate of drug-likeness (QED) is 0.521. The summed E-state index contributed by atoms with van der Waals surface area (Å²) in [5, 5.41) is 3.51. The van der Waals surface area contributed by atoms with Gasteiger partial charge in [-0.15, -0.1) is 0 Å². The van der Waals surface area contributed by atoms with Crippen LogP contribution in [0.3, 0.4) is 0 Å². The first-order chi connectivity index (χ1) is 12.9. The summed E-state index contributed by atoms with van der Waals surface area (Å²) in [7, 11) is 0. The molecule has 0 bridgehead atoms. The van der Waals surface area contributed by atoms with Gasteiger partial charge in [-0.1, -0.05) is 23.7 Å². The van der Waals surface area contributed by atoms with E-state index < -0.39 is 11.7 Å². The number of aromatic nitrogens is 4. The molecule has 0 radical (unpaired) electrons. The zero-order valence-electron chi connectivity index (χ0n) is 13.6. The van der Waals surface area contributed by atoms with Gasteiger partial charge < -0.3 is 5.32 Å². The van der Waals surface area contributed by atoms with E-state index in [-0.39, 0.29) is 0 Å². The van der Waals surface area contributed by atoms with Gasteiger partial charge in [-0.3, -0.25) is 4.57 Å². The largest absolute Gasteiger partial charge is 0.416 e. The lowest BCUT2D eigenvalue weighted by Gasteiger charge is -2.09. The highest BCUT2D eigenvalue weighted by atomic mass is 35.5. The second kappa shape index (κ2) is 6.55. The number of benzene rings is 2. The lowest BCUT2D eigenvalue weighted by atomic mass is 10.2. The Hall–Kier alpha value is -3.13. The van der Waals surface area contributed by atoms with Crippen LogP contribution in [0.5, 0.6) is 0 Å². The Morgan fingerprint density at radius 1 is 0.926 bits per heavy atom. The molecule has 9 heteroatoms. The second-order valence-electron chi connectivity index (χ2n) is 5.66. The Balaban J connectivity index is 1.71. The average molecular weight is 390 g/mol. The second-order valence-corrected chi connectivity index (χ2v) is 6.07. The van der Waals surface area contributed by atoms with Crippen LogP contribution in [-0.2, 0) is 6.18 Å². The summed E-state index contributed by atoms with van der Waals surface area (Å²) in [5.41, 5.74) is 1.44. The maximum atomic E-state index is 12.7. The molecule has 0 spiro atoms. The zero-order valence-corrected chi connectivity index (χ0v) is 14.3. The van der Waals surface area contributed by atoms with Crippen LogP contribution >= 0.6 is 11.6 Å². The predicted molar refractivity (Wildman–Crippen MR) is 96.4 cm³/mol. The molecule has 4 rings (SSSR count). The third-order valence-corrected chi connectivity index (χ3v) is 4.24. The van der Waals surface area contributed by atoms with Gasteiger partial charge in [-0.2, -0.15) is 13.2 Å². The van der Waals surface area contributed by atoms with E-state index >= 15 is 0 Å². The fraction of sp³-hybridized carbons (Fsp3) is 0.0556. The van der Waals surface area contributed by atoms with Crippen molar-refractivity contribution in [1.29, 1.82) is 0 Å². The van der Waals surface area contributed by atoms with E-state index in [9.17, 15) is 13.2 Å². The van der Waals surface area contributed by atoms with Gasteiger partial charge in [0.1, 0.15) is 12.7 Å². The lowest BCUT2D eigenvalue weighted by Crippen LogP contribution is -2.04. The topological polar surface area (TPSA) is 55.6 Å². The fourth-order valence-corrected chi connectivity index (χ4v) is 2.86. The maximum Gasteiger partial charge on any atom is 0.416 e. The van der Waals surface area contributed by atoms with E-state index in [4.69, 9.17) is 11.6 Å². The number of fused-ring (bicyclic) bond motifs is 1. The van der Waals surface area contributed by atoms with Crippen molar-refractivity contribution in [3.63, 3.8) is 0 Å². The Morgan fingerprint density at radius 2 is 1.67 bits per heavy atom. The molecular weight excluding hydrogens is 379 g/mol. The third-order valence-electron chi connectivity index (χ3n) is 3.92. The highest BCUT2D eigenvalue weighted by Gasteiger charge is 2.30. The molecule has 5 nitrogen and oxygen atoms in total. The minimum absolute atomic E-state index is 0.380. The van der Waals surface area contributed by atoms with Gasteiger partial charge >= 0.3 is 6.18 Å². The number of alkyl halides is 3. The number of rotatable bonds is 3. The van der Waals surface area contributed by atoms with Crippen LogP contribution in [0.4, 0.5) is 24.7 Å². The maximum absolute atomic E-state index is 12.7. The molecule has 0 amide bonds. The van der Waals surface area contributed by atoms with Crippen LogP contribution in [0.1, 0.15) is 5.56 Å². The highest BCUT2D eigenvalue weighted by molar-refractivity contribution is 6.32. The first-order valence-corrected chi connectivity index (χ1v) is 8.18. The molecule has 2 heterocycles. The minimum Gasteiger partial charge on any atom is -0.338 e. The van der Waals surface area contributed by atoms with Crippen molar-refractivity contribution in [1.82, 2.24) is 19.5 Å². The smallest absolute Gasteiger partial charge is 0.338 e. The van der Waals surface area contributed by atoms with Crippen molar-refractivity contribution in [3.8, 4) is 5.69 Å². The average Bonchev–Trinajstić information content (AvgIpc) is 3.07. The number of para-hydroxylation sites is 1. The van der Waals surface area contributed by atoms with Gasteiger partial charge in [0.25, 0.3) is 0 Å². The molecule has 0 aliphatic rings. The molecule has 136 valence electrons. The summed E-state index contributed by atoms with van der Waals surface area (Å²) >= 11 is 6.24. The minimum atomic E-state index is -4.38. The van der Waals surface area contributed by atoms with Crippen molar-refractivity contribution in [2.45, 2.75) is 6.18 Å². The molecule has 1 N–H and O–H groups in total. The fourth-order valence-electron chi connectivity index (χ4n) is 2.63. The molecular formula is C18H11ClF3N5. The van der Waals surface area contributed by atoms with Crippen LogP contribution in [-0.4, -0.2) is 19.5 Å². The summed E-state index contributed by atoms with van der Waals surface area (Å²) in [5.74, 6) is 0.380. The van der Waals surface area contributed by atoms with Crippen molar-refractivity contribution in [2.75, 3.05) is 5.32 Å². The van der Waals surface area contributed by atoms with E-state index in [1.807, 2.05) is 18.2 Å². The highest BCUT2D eigenvalue weighted by Crippen LogP contribution is 2.31. The van der Waals surface area contributed by atoms with Crippen LogP contribution in [0.25, 0.3) is 16.9 Å². The molecule has 4 aromatic rings. The van der Waals surface area contributed by atoms with Crippen molar-refractivity contribution in [3.05, 3.63) is 71.8 Å². The molecule has 0 fully saturated rings. The summed E-state index contributed by atoms with van der Waals surface area (Å²) in [6.45, 7) is 0. The molecule has 0 atom stereocenters. The zero-order chi connectivity index (χ0) is 19.0. The number of halogens is 4. The van der Waals surface area contributed by atoms with Crippen LogP contribution in [0.2, 0.25) is 5.02 Å². The van der Waals surface area contributed by atoms with Gasteiger partial charge in [0, 0.05) is 5.69 Å². The summed E-state index contributed by atoms with van der Waals surface area (Å²) in [4.78, 5) is 12.7. The summed E-state index contributed by atoms with van der Waals surface area (Å²) in [6.07, 6.45) is -1.46. The standard InChI is InChI=1S/C18H11ClF3N5/c19-13-3-1-2-4-14(13)27-10-25-15-16(23-9-24-17(15)27)26-12-7-5-11(6-8-12)18(20,21)22/h1-10H,(H,23,24,26). The predicted octanol–water partition coefficient (Wildman–Crippen LogP) is 5.23. The molecule has 2 aromatic carbocycles.